The molecule has 3 N–H and O–H groups in total. The van der Waals surface area contributed by atoms with Gasteiger partial charge in [-0.15, -0.1) is 0 Å². The predicted octanol–water partition coefficient (Wildman–Crippen LogP) is 2.81. The van der Waals surface area contributed by atoms with Gasteiger partial charge in [0.2, 0.25) is 5.88 Å². The molecule has 4 nitrogen and oxygen atoms in total. The molecular weight excluding hydrogens is 214 g/mol. The van der Waals surface area contributed by atoms with Gasteiger partial charge in [0, 0.05) is 12.1 Å². The van der Waals surface area contributed by atoms with Gasteiger partial charge in [-0.2, -0.15) is 4.98 Å². The number of nitrogen functional groups attached to an aromatic ring is 1. The number of aromatic nitrogens is 1. The summed E-state index contributed by atoms with van der Waals surface area (Å²) in [5, 5.41) is 3.45. The van der Waals surface area contributed by atoms with E-state index in [4.69, 9.17) is 10.5 Å². The fourth-order valence-electron chi connectivity index (χ4n) is 2.30. The van der Waals surface area contributed by atoms with Crippen molar-refractivity contribution in [2.45, 2.75) is 44.6 Å². The van der Waals surface area contributed by atoms with Crippen LogP contribution in [-0.4, -0.2) is 18.1 Å². The Labute approximate surface area is 103 Å². The molecule has 0 amide bonds. The smallest absolute Gasteiger partial charge is 0.215 e. The minimum atomic E-state index is 0.499. The van der Waals surface area contributed by atoms with Crippen LogP contribution in [0, 0.1) is 0 Å². The molecule has 1 aliphatic rings. The summed E-state index contributed by atoms with van der Waals surface area (Å²) in [4.78, 5) is 4.36. The Kier molecular flexibility index (Phi) is 4.07. The molecule has 0 saturated heterocycles. The summed E-state index contributed by atoms with van der Waals surface area (Å²) in [6.07, 6.45) is 7.69. The molecule has 0 bridgehead atoms. The number of nitrogens with zero attached hydrogens (tertiary/aromatic N) is 1. The first-order chi connectivity index (χ1) is 8.29. The third kappa shape index (κ3) is 3.25. The summed E-state index contributed by atoms with van der Waals surface area (Å²) >= 11 is 0. The first kappa shape index (κ1) is 12.0. The molecule has 4 heteroatoms. The fraction of sp³-hybridized carbons (Fsp3) is 0.615. The van der Waals surface area contributed by atoms with Gasteiger partial charge in [0.25, 0.3) is 0 Å². The van der Waals surface area contributed by atoms with Crippen LogP contribution in [0.15, 0.2) is 12.1 Å². The number of pyridine rings is 1. The number of hydrogen-bond donors (Lipinski definition) is 2. The largest absolute Gasteiger partial charge is 0.481 e. The van der Waals surface area contributed by atoms with Crippen LogP contribution in [0.1, 0.15) is 38.5 Å². The zero-order chi connectivity index (χ0) is 12.1. The van der Waals surface area contributed by atoms with Crippen LogP contribution in [0.4, 0.5) is 11.5 Å². The molecule has 0 atom stereocenters. The quantitative estimate of drug-likeness (QED) is 0.791. The second kappa shape index (κ2) is 5.75. The van der Waals surface area contributed by atoms with Gasteiger partial charge in [0.15, 0.2) is 5.82 Å². The summed E-state index contributed by atoms with van der Waals surface area (Å²) < 4.78 is 5.12. The topological polar surface area (TPSA) is 60.2 Å². The Morgan fingerprint density at radius 1 is 1.24 bits per heavy atom. The highest BCUT2D eigenvalue weighted by molar-refractivity contribution is 5.62. The van der Waals surface area contributed by atoms with Crippen molar-refractivity contribution in [2.75, 3.05) is 18.2 Å². The van der Waals surface area contributed by atoms with Crippen molar-refractivity contribution in [3.05, 3.63) is 12.1 Å². The molecule has 1 heterocycles. The molecule has 1 fully saturated rings. The lowest BCUT2D eigenvalue weighted by molar-refractivity contribution is 0.398. The number of nitrogens with two attached hydrogens (primary N) is 1. The molecule has 0 spiro atoms. The second-order valence-corrected chi connectivity index (χ2v) is 4.62. The van der Waals surface area contributed by atoms with E-state index in [-0.39, 0.29) is 0 Å². The molecule has 0 unspecified atom stereocenters. The predicted molar refractivity (Wildman–Crippen MR) is 70.3 cm³/mol. The standard InChI is InChI=1S/C13H21N3O/c1-17-12-9-8-11(14)13(16-12)15-10-6-4-2-3-5-7-10/h8-10H,2-7,14H2,1H3,(H,15,16). The number of anilines is 2. The van der Waals surface area contributed by atoms with Gasteiger partial charge >= 0.3 is 0 Å². The van der Waals surface area contributed by atoms with Crippen molar-refractivity contribution in [1.82, 2.24) is 4.98 Å². The summed E-state index contributed by atoms with van der Waals surface area (Å²) in [5.41, 5.74) is 6.61. The third-order valence-corrected chi connectivity index (χ3v) is 3.31. The molecule has 0 aliphatic heterocycles. The van der Waals surface area contributed by atoms with Crippen molar-refractivity contribution in [3.63, 3.8) is 0 Å². The first-order valence-corrected chi connectivity index (χ1v) is 6.36. The molecule has 17 heavy (non-hydrogen) atoms. The number of hydrogen-bond acceptors (Lipinski definition) is 4. The Hall–Kier alpha value is -1.45. The number of rotatable bonds is 3. The summed E-state index contributed by atoms with van der Waals surface area (Å²) in [6, 6.07) is 4.12. The fourth-order valence-corrected chi connectivity index (χ4v) is 2.30. The van der Waals surface area contributed by atoms with Gasteiger partial charge in [-0.05, 0) is 18.9 Å². The van der Waals surface area contributed by atoms with Gasteiger partial charge in [0.05, 0.1) is 12.8 Å². The molecular formula is C13H21N3O. The van der Waals surface area contributed by atoms with Crippen LogP contribution in [0.5, 0.6) is 5.88 Å². The SMILES string of the molecule is COc1ccc(N)c(NC2CCCCCC2)n1. The van der Waals surface area contributed by atoms with E-state index in [0.29, 0.717) is 17.6 Å². The van der Waals surface area contributed by atoms with E-state index >= 15 is 0 Å². The summed E-state index contributed by atoms with van der Waals surface area (Å²) in [5.74, 6) is 1.37. The Morgan fingerprint density at radius 2 is 1.94 bits per heavy atom. The van der Waals surface area contributed by atoms with E-state index in [1.165, 1.54) is 38.5 Å². The van der Waals surface area contributed by atoms with Gasteiger partial charge in [-0.1, -0.05) is 25.7 Å². The maximum absolute atomic E-state index is 5.92. The van der Waals surface area contributed by atoms with Crippen LogP contribution in [0.25, 0.3) is 0 Å². The van der Waals surface area contributed by atoms with Crippen LogP contribution < -0.4 is 15.8 Å². The van der Waals surface area contributed by atoms with Gasteiger partial charge < -0.3 is 15.8 Å². The van der Waals surface area contributed by atoms with Crippen molar-refractivity contribution in [2.24, 2.45) is 0 Å². The highest BCUT2D eigenvalue weighted by Gasteiger charge is 2.14. The van der Waals surface area contributed by atoms with Crippen LogP contribution >= 0.6 is 0 Å². The summed E-state index contributed by atoms with van der Waals surface area (Å²) in [7, 11) is 1.62. The number of ether oxygens (including phenoxy) is 1. The molecule has 0 radical (unpaired) electrons. The lowest BCUT2D eigenvalue weighted by atomic mass is 10.1. The zero-order valence-electron chi connectivity index (χ0n) is 10.4. The molecule has 2 rings (SSSR count). The average Bonchev–Trinajstić information content (AvgIpc) is 2.60. The maximum Gasteiger partial charge on any atom is 0.215 e. The maximum atomic E-state index is 5.92. The molecule has 94 valence electrons. The van der Waals surface area contributed by atoms with Crippen molar-refractivity contribution < 1.29 is 4.74 Å². The minimum absolute atomic E-state index is 0.499. The van der Waals surface area contributed by atoms with Gasteiger partial charge in [0.1, 0.15) is 0 Å². The number of methoxy groups -OCH3 is 1. The Balaban J connectivity index is 2.05. The Morgan fingerprint density at radius 3 is 2.59 bits per heavy atom. The van der Waals surface area contributed by atoms with Gasteiger partial charge in [-0.3, -0.25) is 0 Å². The highest BCUT2D eigenvalue weighted by Crippen LogP contribution is 2.24. The van der Waals surface area contributed by atoms with Crippen LogP contribution in [0.2, 0.25) is 0 Å². The van der Waals surface area contributed by atoms with E-state index in [1.54, 1.807) is 13.2 Å². The Bertz CT molecular complexity index is 360. The van der Waals surface area contributed by atoms with E-state index in [9.17, 15) is 0 Å². The molecule has 1 saturated carbocycles. The lowest BCUT2D eigenvalue weighted by Gasteiger charge is -2.18. The van der Waals surface area contributed by atoms with Crippen LogP contribution in [-0.2, 0) is 0 Å². The highest BCUT2D eigenvalue weighted by atomic mass is 16.5. The molecule has 1 aromatic heterocycles. The second-order valence-electron chi connectivity index (χ2n) is 4.62. The van der Waals surface area contributed by atoms with Crippen molar-refractivity contribution in [1.29, 1.82) is 0 Å². The normalized spacial score (nSPS) is 17.5. The van der Waals surface area contributed by atoms with E-state index < -0.39 is 0 Å². The average molecular weight is 235 g/mol. The van der Waals surface area contributed by atoms with Crippen molar-refractivity contribution in [3.8, 4) is 5.88 Å². The first-order valence-electron chi connectivity index (χ1n) is 6.36. The minimum Gasteiger partial charge on any atom is -0.481 e. The van der Waals surface area contributed by atoms with E-state index in [0.717, 1.165) is 5.82 Å². The van der Waals surface area contributed by atoms with Crippen molar-refractivity contribution >= 4 is 11.5 Å². The summed E-state index contributed by atoms with van der Waals surface area (Å²) in [6.45, 7) is 0. The molecule has 0 aromatic carbocycles. The number of nitrogens with one attached hydrogen (secondary N) is 1. The van der Waals surface area contributed by atoms with Gasteiger partial charge in [-0.25, -0.2) is 0 Å². The lowest BCUT2D eigenvalue weighted by Crippen LogP contribution is -2.20. The zero-order valence-corrected chi connectivity index (χ0v) is 10.4. The molecule has 1 aromatic rings. The third-order valence-electron chi connectivity index (χ3n) is 3.31. The monoisotopic (exact) mass is 235 g/mol. The van der Waals surface area contributed by atoms with E-state index in [2.05, 4.69) is 10.3 Å². The van der Waals surface area contributed by atoms with E-state index in [1.807, 2.05) is 6.07 Å². The van der Waals surface area contributed by atoms with Crippen LogP contribution in [0.3, 0.4) is 0 Å². The molecule has 1 aliphatic carbocycles.